The quantitative estimate of drug-likeness (QED) is 0.847. The fourth-order valence-corrected chi connectivity index (χ4v) is 2.12. The Labute approximate surface area is 132 Å². The molecule has 4 nitrogen and oxygen atoms in total. The monoisotopic (exact) mass is 322 g/mol. The van der Waals surface area contributed by atoms with Crippen molar-refractivity contribution in [3.63, 3.8) is 0 Å². The van der Waals surface area contributed by atoms with Crippen LogP contribution in [-0.2, 0) is 17.8 Å². The lowest BCUT2D eigenvalue weighted by Crippen LogP contribution is -2.04. The van der Waals surface area contributed by atoms with Crippen molar-refractivity contribution in [1.82, 2.24) is 0 Å². The molecule has 6 heteroatoms. The third-order valence-corrected chi connectivity index (χ3v) is 3.25. The highest BCUT2D eigenvalue weighted by molar-refractivity contribution is 5.67. The van der Waals surface area contributed by atoms with Gasteiger partial charge in [0.1, 0.15) is 12.4 Å². The molecule has 2 aromatic rings. The second-order valence-corrected chi connectivity index (χ2v) is 4.88. The average Bonchev–Trinajstić information content (AvgIpc) is 2.52. The average molecular weight is 322 g/mol. The van der Waals surface area contributed by atoms with Crippen LogP contribution in [0.2, 0.25) is 0 Å². The lowest BCUT2D eigenvalue weighted by Gasteiger charge is -2.12. The first-order valence-electron chi connectivity index (χ1n) is 6.95. The van der Waals surface area contributed by atoms with Gasteiger partial charge in [0.25, 0.3) is 0 Å². The third-order valence-electron chi connectivity index (χ3n) is 3.25. The lowest BCUT2D eigenvalue weighted by atomic mass is 10.1. The van der Waals surface area contributed by atoms with Gasteiger partial charge >= 0.3 is 5.97 Å². The highest BCUT2D eigenvalue weighted by Crippen LogP contribution is 2.26. The van der Waals surface area contributed by atoms with Gasteiger partial charge in [-0.2, -0.15) is 0 Å². The van der Waals surface area contributed by atoms with Crippen LogP contribution in [0.15, 0.2) is 36.4 Å². The van der Waals surface area contributed by atoms with E-state index in [4.69, 9.17) is 14.6 Å². The number of hydrogen-bond acceptors (Lipinski definition) is 3. The van der Waals surface area contributed by atoms with Crippen molar-refractivity contribution in [2.24, 2.45) is 0 Å². The van der Waals surface area contributed by atoms with Gasteiger partial charge in [-0.25, -0.2) is 8.78 Å². The summed E-state index contributed by atoms with van der Waals surface area (Å²) < 4.78 is 38.3. The Hall–Kier alpha value is -2.63. The normalized spacial score (nSPS) is 10.4. The number of halogens is 2. The first-order chi connectivity index (χ1) is 11.0. The second-order valence-electron chi connectivity index (χ2n) is 4.88. The minimum atomic E-state index is -1.03. The number of aryl methyl sites for hydroxylation is 1. The molecule has 2 aromatic carbocycles. The molecule has 0 aromatic heterocycles. The number of hydrogen-bond donors (Lipinski definition) is 1. The summed E-state index contributed by atoms with van der Waals surface area (Å²) in [6, 6.07) is 9.17. The number of carbonyl (C=O) groups is 1. The molecule has 0 aliphatic rings. The van der Waals surface area contributed by atoms with Crippen LogP contribution in [0.5, 0.6) is 11.5 Å². The smallest absolute Gasteiger partial charge is 0.303 e. The second kappa shape index (κ2) is 7.58. The zero-order valence-electron chi connectivity index (χ0n) is 12.5. The van der Waals surface area contributed by atoms with E-state index in [0.29, 0.717) is 11.3 Å². The zero-order chi connectivity index (χ0) is 16.8. The fraction of sp³-hybridized carbons (Fsp3) is 0.235. The maximum atomic E-state index is 14.0. The molecule has 0 unspecified atom stereocenters. The number of ether oxygens (including phenoxy) is 2. The lowest BCUT2D eigenvalue weighted by molar-refractivity contribution is -0.136. The molecule has 0 radical (unpaired) electrons. The van der Waals surface area contributed by atoms with Crippen molar-refractivity contribution >= 4 is 5.97 Å². The minimum absolute atomic E-state index is 0.0493. The van der Waals surface area contributed by atoms with Crippen LogP contribution in [0.3, 0.4) is 0 Å². The van der Waals surface area contributed by atoms with Crippen LogP contribution in [0.1, 0.15) is 17.5 Å². The number of methoxy groups -OCH3 is 1. The predicted molar refractivity (Wildman–Crippen MR) is 79.6 cm³/mol. The van der Waals surface area contributed by atoms with Gasteiger partial charge in [-0.05, 0) is 30.2 Å². The van der Waals surface area contributed by atoms with Crippen LogP contribution < -0.4 is 9.47 Å². The summed E-state index contributed by atoms with van der Waals surface area (Å²) in [6.07, 6.45) is -0.143. The highest BCUT2D eigenvalue weighted by atomic mass is 19.1. The number of benzene rings is 2. The maximum absolute atomic E-state index is 14.0. The first-order valence-corrected chi connectivity index (χ1v) is 6.95. The van der Waals surface area contributed by atoms with Crippen LogP contribution in [-0.4, -0.2) is 18.2 Å². The van der Waals surface area contributed by atoms with E-state index in [2.05, 4.69) is 0 Å². The van der Waals surface area contributed by atoms with Crippen molar-refractivity contribution in [1.29, 1.82) is 0 Å². The van der Waals surface area contributed by atoms with E-state index in [1.807, 2.05) is 0 Å². The molecule has 0 bridgehead atoms. The van der Waals surface area contributed by atoms with E-state index < -0.39 is 23.4 Å². The van der Waals surface area contributed by atoms with Crippen LogP contribution in [0, 0.1) is 11.6 Å². The number of para-hydroxylation sites is 1. The molecule has 0 fully saturated rings. The van der Waals surface area contributed by atoms with E-state index in [9.17, 15) is 13.6 Å². The topological polar surface area (TPSA) is 55.8 Å². The molecule has 0 aliphatic heterocycles. The molecule has 23 heavy (non-hydrogen) atoms. The molecule has 0 aliphatic carbocycles. The van der Waals surface area contributed by atoms with Crippen LogP contribution in [0.25, 0.3) is 0 Å². The van der Waals surface area contributed by atoms with E-state index in [1.165, 1.54) is 7.11 Å². The Bertz CT molecular complexity index is 678. The summed E-state index contributed by atoms with van der Waals surface area (Å²) in [6.45, 7) is -0.0493. The summed E-state index contributed by atoms with van der Waals surface area (Å²) in [5.74, 6) is -2.68. The number of rotatable bonds is 7. The van der Waals surface area contributed by atoms with Crippen LogP contribution >= 0.6 is 0 Å². The Morgan fingerprint density at radius 1 is 1.17 bits per heavy atom. The Balaban J connectivity index is 2.12. The van der Waals surface area contributed by atoms with Gasteiger partial charge in [0.2, 0.25) is 0 Å². The molecule has 0 spiro atoms. The van der Waals surface area contributed by atoms with Crippen molar-refractivity contribution in [3.05, 3.63) is 59.2 Å². The summed E-state index contributed by atoms with van der Waals surface area (Å²) in [5.41, 5.74) is 0.927. The number of aliphatic carboxylic acids is 1. The highest BCUT2D eigenvalue weighted by Gasteiger charge is 2.14. The molecule has 1 N–H and O–H groups in total. The third kappa shape index (κ3) is 4.42. The Kier molecular flexibility index (Phi) is 5.51. The van der Waals surface area contributed by atoms with Gasteiger partial charge in [0.15, 0.2) is 17.4 Å². The molecular weight excluding hydrogens is 306 g/mol. The van der Waals surface area contributed by atoms with Gasteiger partial charge in [-0.1, -0.05) is 18.2 Å². The molecule has 0 heterocycles. The van der Waals surface area contributed by atoms with Crippen molar-refractivity contribution < 1.29 is 28.2 Å². The van der Waals surface area contributed by atoms with Gasteiger partial charge < -0.3 is 14.6 Å². The summed E-state index contributed by atoms with van der Waals surface area (Å²) in [5, 5.41) is 8.60. The Morgan fingerprint density at radius 3 is 2.43 bits per heavy atom. The predicted octanol–water partition coefficient (Wildman–Crippen LogP) is 3.57. The van der Waals surface area contributed by atoms with E-state index in [-0.39, 0.29) is 25.0 Å². The first kappa shape index (κ1) is 16.7. The van der Waals surface area contributed by atoms with Crippen molar-refractivity contribution in [2.75, 3.05) is 7.11 Å². The van der Waals surface area contributed by atoms with E-state index in [1.54, 1.807) is 24.3 Å². The van der Waals surface area contributed by atoms with Gasteiger partial charge in [-0.3, -0.25) is 4.79 Å². The van der Waals surface area contributed by atoms with Gasteiger partial charge in [0.05, 0.1) is 7.11 Å². The zero-order valence-corrected chi connectivity index (χ0v) is 12.5. The molecule has 2 rings (SSSR count). The van der Waals surface area contributed by atoms with E-state index in [0.717, 1.165) is 12.1 Å². The molecule has 0 saturated heterocycles. The number of carboxylic acids is 1. The minimum Gasteiger partial charge on any atom is -0.496 e. The van der Waals surface area contributed by atoms with Gasteiger partial charge in [0, 0.05) is 12.0 Å². The van der Waals surface area contributed by atoms with Gasteiger partial charge in [-0.15, -0.1) is 0 Å². The van der Waals surface area contributed by atoms with Crippen LogP contribution in [0.4, 0.5) is 8.78 Å². The molecule has 0 saturated carbocycles. The maximum Gasteiger partial charge on any atom is 0.303 e. The largest absolute Gasteiger partial charge is 0.496 e. The summed E-state index contributed by atoms with van der Waals surface area (Å²) >= 11 is 0. The summed E-state index contributed by atoms with van der Waals surface area (Å²) in [4.78, 5) is 10.5. The van der Waals surface area contributed by atoms with Crippen molar-refractivity contribution in [3.8, 4) is 11.5 Å². The SMILES string of the molecule is COc1ccccc1COc1c(F)cc(CCC(=O)O)cc1F. The molecular formula is C17H16F2O4. The molecule has 122 valence electrons. The molecule has 0 atom stereocenters. The van der Waals surface area contributed by atoms with Crippen molar-refractivity contribution in [2.45, 2.75) is 19.4 Å². The Morgan fingerprint density at radius 2 is 1.83 bits per heavy atom. The molecule has 0 amide bonds. The summed E-state index contributed by atoms with van der Waals surface area (Å²) in [7, 11) is 1.50. The van der Waals surface area contributed by atoms with E-state index >= 15 is 0 Å². The standard InChI is InChI=1S/C17H16F2O4/c1-22-15-5-3-2-4-12(15)10-23-17-13(18)8-11(9-14(17)19)6-7-16(20)21/h2-5,8-9H,6-7,10H2,1H3,(H,20,21). The number of carboxylic acid groups (broad SMARTS) is 1. The fourth-order valence-electron chi connectivity index (χ4n) is 2.12.